The van der Waals surface area contributed by atoms with Crippen molar-refractivity contribution in [2.24, 2.45) is 0 Å². The van der Waals surface area contributed by atoms with Crippen molar-refractivity contribution in [2.45, 2.75) is 6.61 Å². The van der Waals surface area contributed by atoms with Gasteiger partial charge in [0, 0.05) is 6.07 Å². The summed E-state index contributed by atoms with van der Waals surface area (Å²) in [5, 5.41) is 8.83. The molecule has 0 amide bonds. The Labute approximate surface area is 119 Å². The van der Waals surface area contributed by atoms with Gasteiger partial charge in [0.25, 0.3) is 0 Å². The first-order chi connectivity index (χ1) is 9.99. The van der Waals surface area contributed by atoms with E-state index in [0.29, 0.717) is 5.56 Å². The average molecular weight is 294 g/mol. The highest BCUT2D eigenvalue weighted by Crippen LogP contribution is 2.21. The predicted octanol–water partition coefficient (Wildman–Crippen LogP) is 3.25. The summed E-state index contributed by atoms with van der Waals surface area (Å²) >= 11 is 0. The minimum atomic E-state index is -1.25. The van der Waals surface area contributed by atoms with Gasteiger partial charge in [-0.1, -0.05) is 6.07 Å². The van der Waals surface area contributed by atoms with Crippen molar-refractivity contribution < 1.29 is 28.2 Å². The predicted molar refractivity (Wildman–Crippen MR) is 70.6 cm³/mol. The number of benzene rings is 2. The lowest BCUT2D eigenvalue weighted by atomic mass is 10.2. The standard InChI is InChI=1S/C15H12F2O4/c1-20-14-3-2-9(4-13(14)17)8-21-12-6-10(15(18)19)5-11(16)7-12/h2-7H,8H2,1H3,(H,18,19). The van der Waals surface area contributed by atoms with Crippen LogP contribution in [0, 0.1) is 11.6 Å². The van der Waals surface area contributed by atoms with Gasteiger partial charge >= 0.3 is 5.97 Å². The molecule has 6 heteroatoms. The van der Waals surface area contributed by atoms with Gasteiger partial charge in [-0.05, 0) is 29.8 Å². The molecule has 0 aromatic heterocycles. The normalized spacial score (nSPS) is 10.2. The molecule has 0 radical (unpaired) electrons. The SMILES string of the molecule is COc1ccc(COc2cc(F)cc(C(=O)O)c2)cc1F. The Balaban J connectivity index is 2.12. The third-order valence-corrected chi connectivity index (χ3v) is 2.74. The first-order valence-electron chi connectivity index (χ1n) is 5.98. The first-order valence-corrected chi connectivity index (χ1v) is 5.98. The van der Waals surface area contributed by atoms with E-state index in [1.807, 2.05) is 0 Å². The van der Waals surface area contributed by atoms with Gasteiger partial charge in [-0.2, -0.15) is 0 Å². The minimum absolute atomic E-state index is 0.0244. The van der Waals surface area contributed by atoms with E-state index in [9.17, 15) is 13.6 Å². The lowest BCUT2D eigenvalue weighted by molar-refractivity contribution is 0.0695. The number of carboxylic acid groups (broad SMARTS) is 1. The molecule has 0 bridgehead atoms. The number of aromatic carboxylic acids is 1. The molecule has 21 heavy (non-hydrogen) atoms. The third-order valence-electron chi connectivity index (χ3n) is 2.74. The molecule has 0 aliphatic heterocycles. The van der Waals surface area contributed by atoms with Gasteiger partial charge in [0.2, 0.25) is 0 Å². The monoisotopic (exact) mass is 294 g/mol. The molecule has 0 aliphatic rings. The Kier molecular flexibility index (Phi) is 4.37. The quantitative estimate of drug-likeness (QED) is 0.919. The molecular weight excluding hydrogens is 282 g/mol. The summed E-state index contributed by atoms with van der Waals surface area (Å²) in [5.74, 6) is -2.34. The van der Waals surface area contributed by atoms with Crippen molar-refractivity contribution in [2.75, 3.05) is 7.11 Å². The molecule has 2 rings (SSSR count). The summed E-state index contributed by atoms with van der Waals surface area (Å²) < 4.78 is 36.8. The van der Waals surface area contributed by atoms with Crippen molar-refractivity contribution in [1.82, 2.24) is 0 Å². The van der Waals surface area contributed by atoms with Crippen LogP contribution < -0.4 is 9.47 Å². The second kappa shape index (κ2) is 6.21. The summed E-state index contributed by atoms with van der Waals surface area (Å²) in [4.78, 5) is 10.8. The molecule has 110 valence electrons. The third kappa shape index (κ3) is 3.68. The largest absolute Gasteiger partial charge is 0.494 e. The van der Waals surface area contributed by atoms with Gasteiger partial charge in [-0.15, -0.1) is 0 Å². The highest BCUT2D eigenvalue weighted by atomic mass is 19.1. The van der Waals surface area contributed by atoms with Crippen LogP contribution in [0.1, 0.15) is 15.9 Å². The maximum absolute atomic E-state index is 13.5. The molecule has 0 unspecified atom stereocenters. The van der Waals surface area contributed by atoms with E-state index in [0.717, 1.165) is 12.1 Å². The van der Waals surface area contributed by atoms with E-state index in [2.05, 4.69) is 0 Å². The Morgan fingerprint density at radius 1 is 1.19 bits per heavy atom. The smallest absolute Gasteiger partial charge is 0.335 e. The van der Waals surface area contributed by atoms with Crippen LogP contribution in [-0.4, -0.2) is 18.2 Å². The second-order valence-electron chi connectivity index (χ2n) is 4.24. The Morgan fingerprint density at radius 3 is 2.57 bits per heavy atom. The van der Waals surface area contributed by atoms with Crippen molar-refractivity contribution in [3.05, 3.63) is 59.2 Å². The topological polar surface area (TPSA) is 55.8 Å². The molecule has 2 aromatic carbocycles. The van der Waals surface area contributed by atoms with Crippen LogP contribution >= 0.6 is 0 Å². The highest BCUT2D eigenvalue weighted by molar-refractivity contribution is 5.88. The molecule has 0 atom stereocenters. The maximum Gasteiger partial charge on any atom is 0.335 e. The van der Waals surface area contributed by atoms with Gasteiger partial charge in [-0.25, -0.2) is 13.6 Å². The van der Waals surface area contributed by atoms with Crippen molar-refractivity contribution in [3.8, 4) is 11.5 Å². The van der Waals surface area contributed by atoms with Gasteiger partial charge in [0.1, 0.15) is 18.2 Å². The van der Waals surface area contributed by atoms with Crippen molar-refractivity contribution in [3.63, 3.8) is 0 Å². The van der Waals surface area contributed by atoms with E-state index in [1.54, 1.807) is 6.07 Å². The summed E-state index contributed by atoms with van der Waals surface area (Å²) in [6.45, 7) is -0.0244. The second-order valence-corrected chi connectivity index (χ2v) is 4.24. The molecule has 0 heterocycles. The van der Waals surface area contributed by atoms with E-state index in [1.165, 1.54) is 25.3 Å². The fourth-order valence-corrected chi connectivity index (χ4v) is 1.74. The summed E-state index contributed by atoms with van der Waals surface area (Å²) in [6.07, 6.45) is 0. The summed E-state index contributed by atoms with van der Waals surface area (Å²) in [6, 6.07) is 7.43. The number of hydrogen-bond acceptors (Lipinski definition) is 3. The van der Waals surface area contributed by atoms with E-state index < -0.39 is 17.6 Å². The number of halogens is 2. The molecule has 0 aliphatic carbocycles. The van der Waals surface area contributed by atoms with Gasteiger partial charge < -0.3 is 14.6 Å². The fourth-order valence-electron chi connectivity index (χ4n) is 1.74. The number of rotatable bonds is 5. The molecule has 2 aromatic rings. The van der Waals surface area contributed by atoms with Crippen molar-refractivity contribution in [1.29, 1.82) is 0 Å². The number of methoxy groups -OCH3 is 1. The van der Waals surface area contributed by atoms with E-state index in [4.69, 9.17) is 14.6 Å². The number of ether oxygens (including phenoxy) is 2. The van der Waals surface area contributed by atoms with Crippen LogP contribution in [0.3, 0.4) is 0 Å². The first kappa shape index (κ1) is 14.8. The molecule has 0 saturated heterocycles. The zero-order chi connectivity index (χ0) is 15.4. The molecular formula is C15H12F2O4. The van der Waals surface area contributed by atoms with Gasteiger partial charge in [0.15, 0.2) is 11.6 Å². The van der Waals surface area contributed by atoms with Crippen LogP contribution in [0.5, 0.6) is 11.5 Å². The van der Waals surface area contributed by atoms with E-state index >= 15 is 0 Å². The van der Waals surface area contributed by atoms with Crippen LogP contribution in [-0.2, 0) is 6.61 Å². The zero-order valence-electron chi connectivity index (χ0n) is 11.1. The average Bonchev–Trinajstić information content (AvgIpc) is 2.44. The maximum atomic E-state index is 13.5. The van der Waals surface area contributed by atoms with Gasteiger partial charge in [0.05, 0.1) is 12.7 Å². The van der Waals surface area contributed by atoms with Gasteiger partial charge in [-0.3, -0.25) is 0 Å². The molecule has 0 fully saturated rings. The Hall–Kier alpha value is -2.63. The highest BCUT2D eigenvalue weighted by Gasteiger charge is 2.09. The van der Waals surface area contributed by atoms with Crippen LogP contribution in [0.25, 0.3) is 0 Å². The number of carboxylic acids is 1. The molecule has 0 saturated carbocycles. The molecule has 4 nitrogen and oxygen atoms in total. The van der Waals surface area contributed by atoms with E-state index in [-0.39, 0.29) is 23.7 Å². The Bertz CT molecular complexity index is 671. The lowest BCUT2D eigenvalue weighted by Crippen LogP contribution is -2.01. The van der Waals surface area contributed by atoms with Crippen LogP contribution in [0.2, 0.25) is 0 Å². The minimum Gasteiger partial charge on any atom is -0.494 e. The number of hydrogen-bond donors (Lipinski definition) is 1. The summed E-state index contributed by atoms with van der Waals surface area (Å²) in [5.41, 5.74) is 0.292. The fraction of sp³-hybridized carbons (Fsp3) is 0.133. The van der Waals surface area contributed by atoms with Crippen LogP contribution in [0.4, 0.5) is 8.78 Å². The zero-order valence-corrected chi connectivity index (χ0v) is 11.1. The molecule has 0 spiro atoms. The molecule has 1 N–H and O–H groups in total. The van der Waals surface area contributed by atoms with Crippen molar-refractivity contribution >= 4 is 5.97 Å². The number of carbonyl (C=O) groups is 1. The Morgan fingerprint density at radius 2 is 1.95 bits per heavy atom. The van der Waals surface area contributed by atoms with Crippen LogP contribution in [0.15, 0.2) is 36.4 Å². The summed E-state index contributed by atoms with van der Waals surface area (Å²) in [7, 11) is 1.36. The lowest BCUT2D eigenvalue weighted by Gasteiger charge is -2.09.